The Morgan fingerprint density at radius 2 is 2.20 bits per heavy atom. The van der Waals surface area contributed by atoms with Crippen molar-refractivity contribution in [1.29, 1.82) is 0 Å². The van der Waals surface area contributed by atoms with Gasteiger partial charge in [-0.1, -0.05) is 27.5 Å². The number of rotatable bonds is 3. The van der Waals surface area contributed by atoms with Crippen molar-refractivity contribution in [2.45, 2.75) is 11.8 Å². The van der Waals surface area contributed by atoms with Crippen LogP contribution in [0.15, 0.2) is 12.1 Å². The molecule has 15 heavy (non-hydrogen) atoms. The Kier molecular flexibility index (Phi) is 4.54. The second-order valence-electron chi connectivity index (χ2n) is 2.92. The van der Waals surface area contributed by atoms with E-state index in [0.29, 0.717) is 16.5 Å². The fourth-order valence-electron chi connectivity index (χ4n) is 1.15. The molecule has 1 aromatic rings. The highest BCUT2D eigenvalue weighted by atomic mass is 79.9. The van der Waals surface area contributed by atoms with Gasteiger partial charge < -0.3 is 4.74 Å². The third kappa shape index (κ3) is 3.18. The molecule has 0 aliphatic rings. The molecule has 2 nitrogen and oxygen atoms in total. The van der Waals surface area contributed by atoms with Gasteiger partial charge in [-0.2, -0.15) is 0 Å². The van der Waals surface area contributed by atoms with Crippen LogP contribution in [0.25, 0.3) is 0 Å². The number of benzene rings is 1. The second-order valence-corrected chi connectivity index (χ2v) is 3.89. The van der Waals surface area contributed by atoms with Gasteiger partial charge in [0.05, 0.1) is 18.6 Å². The number of hydrogen-bond acceptors (Lipinski definition) is 2. The number of hydrogen-bond donors (Lipinski definition) is 0. The summed E-state index contributed by atoms with van der Waals surface area (Å²) >= 11 is 8.84. The van der Waals surface area contributed by atoms with Gasteiger partial charge in [-0.15, -0.1) is 0 Å². The smallest absolute Gasteiger partial charge is 0.309 e. The van der Waals surface area contributed by atoms with Crippen LogP contribution in [0.4, 0.5) is 4.39 Å². The van der Waals surface area contributed by atoms with Crippen molar-refractivity contribution in [3.8, 4) is 0 Å². The third-order valence-electron chi connectivity index (χ3n) is 1.95. The molecule has 0 saturated heterocycles. The molecule has 0 amide bonds. The number of alkyl halides is 1. The lowest BCUT2D eigenvalue weighted by Crippen LogP contribution is -2.06. The lowest BCUT2D eigenvalue weighted by atomic mass is 10.1. The summed E-state index contributed by atoms with van der Waals surface area (Å²) in [5.74, 6) is -0.861. The zero-order valence-corrected chi connectivity index (χ0v) is 10.4. The molecule has 5 heteroatoms. The fourth-order valence-corrected chi connectivity index (χ4v) is 1.85. The number of methoxy groups -OCH3 is 1. The molecule has 0 saturated carbocycles. The van der Waals surface area contributed by atoms with Crippen LogP contribution in [-0.4, -0.2) is 13.1 Å². The molecule has 82 valence electrons. The first-order valence-corrected chi connectivity index (χ1v) is 5.68. The molecule has 0 N–H and O–H groups in total. The topological polar surface area (TPSA) is 26.3 Å². The Hall–Kier alpha value is -0.610. The lowest BCUT2D eigenvalue weighted by Gasteiger charge is -2.07. The van der Waals surface area contributed by atoms with E-state index in [1.807, 2.05) is 0 Å². The average Bonchev–Trinajstić information content (AvgIpc) is 2.22. The number of carbonyl (C=O) groups is 1. The minimum atomic E-state index is -0.486. The molecule has 0 fully saturated rings. The normalized spacial score (nSPS) is 10.1. The quantitative estimate of drug-likeness (QED) is 0.633. The summed E-state index contributed by atoms with van der Waals surface area (Å²) < 4.78 is 17.6. The molecule has 1 rings (SSSR count). The van der Waals surface area contributed by atoms with E-state index in [1.54, 1.807) is 0 Å². The standard InChI is InChI=1S/C10H9BrClFO2/c1-15-10(14)4-6-2-8(12)9(13)3-7(6)5-11/h2-3H,4-5H2,1H3. The Labute approximate surface area is 101 Å². The van der Waals surface area contributed by atoms with Crippen LogP contribution in [0.1, 0.15) is 11.1 Å². The summed E-state index contributed by atoms with van der Waals surface area (Å²) in [6.45, 7) is 0. The SMILES string of the molecule is COC(=O)Cc1cc(Cl)c(F)cc1CBr. The summed E-state index contributed by atoms with van der Waals surface area (Å²) in [5, 5.41) is 0.478. The van der Waals surface area contributed by atoms with Gasteiger partial charge in [0.15, 0.2) is 0 Å². The molecule has 0 bridgehead atoms. The van der Waals surface area contributed by atoms with Crippen LogP contribution < -0.4 is 0 Å². The van der Waals surface area contributed by atoms with E-state index in [1.165, 1.54) is 19.2 Å². The Bertz CT molecular complexity index is 382. The Balaban J connectivity index is 3.05. The van der Waals surface area contributed by atoms with E-state index in [0.717, 1.165) is 0 Å². The Morgan fingerprint density at radius 3 is 2.73 bits per heavy atom. The Morgan fingerprint density at radius 1 is 1.53 bits per heavy atom. The van der Waals surface area contributed by atoms with Gasteiger partial charge in [0.2, 0.25) is 0 Å². The van der Waals surface area contributed by atoms with E-state index in [4.69, 9.17) is 11.6 Å². The van der Waals surface area contributed by atoms with E-state index in [2.05, 4.69) is 20.7 Å². The van der Waals surface area contributed by atoms with Gasteiger partial charge in [0, 0.05) is 5.33 Å². The van der Waals surface area contributed by atoms with Crippen molar-refractivity contribution >= 4 is 33.5 Å². The highest BCUT2D eigenvalue weighted by molar-refractivity contribution is 9.08. The van der Waals surface area contributed by atoms with Crippen molar-refractivity contribution < 1.29 is 13.9 Å². The first-order chi connectivity index (χ1) is 7.08. The van der Waals surface area contributed by atoms with E-state index in [-0.39, 0.29) is 17.4 Å². The van der Waals surface area contributed by atoms with Crippen LogP contribution in [0.3, 0.4) is 0 Å². The third-order valence-corrected chi connectivity index (χ3v) is 2.84. The fraction of sp³-hybridized carbons (Fsp3) is 0.300. The predicted molar refractivity (Wildman–Crippen MR) is 59.8 cm³/mol. The summed E-state index contributed by atoms with van der Waals surface area (Å²) in [6.07, 6.45) is 0.0947. The molecule has 0 aromatic heterocycles. The molecule has 0 spiro atoms. The predicted octanol–water partition coefficient (Wildman–Crippen LogP) is 3.09. The van der Waals surface area contributed by atoms with Crippen molar-refractivity contribution in [1.82, 2.24) is 0 Å². The molecule has 0 heterocycles. The molecule has 0 radical (unpaired) electrons. The molecule has 1 aromatic carbocycles. The molecule has 0 aliphatic carbocycles. The maximum Gasteiger partial charge on any atom is 0.309 e. The molecule has 0 atom stereocenters. The largest absolute Gasteiger partial charge is 0.469 e. The van der Waals surface area contributed by atoms with Gasteiger partial charge in [-0.05, 0) is 23.3 Å². The van der Waals surface area contributed by atoms with E-state index >= 15 is 0 Å². The van der Waals surface area contributed by atoms with Crippen LogP contribution in [-0.2, 0) is 21.3 Å². The van der Waals surface area contributed by atoms with Crippen LogP contribution >= 0.6 is 27.5 Å². The summed E-state index contributed by atoms with van der Waals surface area (Å²) in [5.41, 5.74) is 1.37. The van der Waals surface area contributed by atoms with Crippen LogP contribution in [0.2, 0.25) is 5.02 Å². The maximum absolute atomic E-state index is 13.1. The summed E-state index contributed by atoms with van der Waals surface area (Å²) in [7, 11) is 1.31. The minimum Gasteiger partial charge on any atom is -0.469 e. The van der Waals surface area contributed by atoms with Gasteiger partial charge in [0.25, 0.3) is 0 Å². The maximum atomic E-state index is 13.1. The molecular weight excluding hydrogens is 286 g/mol. The number of esters is 1. The first kappa shape index (κ1) is 12.5. The van der Waals surface area contributed by atoms with Gasteiger partial charge in [-0.3, -0.25) is 4.79 Å². The van der Waals surface area contributed by atoms with Crippen molar-refractivity contribution in [3.63, 3.8) is 0 Å². The van der Waals surface area contributed by atoms with Gasteiger partial charge in [-0.25, -0.2) is 4.39 Å². The number of carbonyl (C=O) groups excluding carboxylic acids is 1. The highest BCUT2D eigenvalue weighted by Crippen LogP contribution is 2.22. The lowest BCUT2D eigenvalue weighted by molar-refractivity contribution is -0.139. The second kappa shape index (κ2) is 5.47. The van der Waals surface area contributed by atoms with Gasteiger partial charge in [0.1, 0.15) is 5.82 Å². The average molecular weight is 296 g/mol. The van der Waals surface area contributed by atoms with Crippen LogP contribution in [0.5, 0.6) is 0 Å². The zero-order valence-electron chi connectivity index (χ0n) is 8.02. The molecule has 0 aliphatic heterocycles. The van der Waals surface area contributed by atoms with E-state index in [9.17, 15) is 9.18 Å². The highest BCUT2D eigenvalue weighted by Gasteiger charge is 2.11. The summed E-state index contributed by atoms with van der Waals surface area (Å²) in [4.78, 5) is 11.1. The molecular formula is C10H9BrClFO2. The first-order valence-electron chi connectivity index (χ1n) is 4.18. The molecule has 0 unspecified atom stereocenters. The minimum absolute atomic E-state index is 0.0126. The monoisotopic (exact) mass is 294 g/mol. The zero-order chi connectivity index (χ0) is 11.4. The van der Waals surface area contributed by atoms with Crippen LogP contribution in [0, 0.1) is 5.82 Å². The van der Waals surface area contributed by atoms with Crippen molar-refractivity contribution in [3.05, 3.63) is 34.1 Å². The number of ether oxygens (including phenoxy) is 1. The van der Waals surface area contributed by atoms with Crippen molar-refractivity contribution in [2.24, 2.45) is 0 Å². The summed E-state index contributed by atoms with van der Waals surface area (Å²) in [6, 6.07) is 2.76. The van der Waals surface area contributed by atoms with E-state index < -0.39 is 5.82 Å². The van der Waals surface area contributed by atoms with Crippen molar-refractivity contribution in [2.75, 3.05) is 7.11 Å². The van der Waals surface area contributed by atoms with Gasteiger partial charge >= 0.3 is 5.97 Å². The number of halogens is 3.